The average molecular weight is 457 g/mol. The lowest BCUT2D eigenvalue weighted by Crippen LogP contribution is -2.46. The monoisotopic (exact) mass is 457 g/mol. The van der Waals surface area contributed by atoms with E-state index in [2.05, 4.69) is 47.3 Å². The van der Waals surface area contributed by atoms with Gasteiger partial charge >= 0.3 is 0 Å². The van der Waals surface area contributed by atoms with Crippen molar-refractivity contribution in [1.82, 2.24) is 10.2 Å². The number of nitrogens with one attached hydrogen (secondary N) is 1. The number of halogens is 1. The Labute approximate surface area is 169 Å². The van der Waals surface area contributed by atoms with Gasteiger partial charge in [-0.1, -0.05) is 32.4 Å². The van der Waals surface area contributed by atoms with Crippen LogP contribution in [0.5, 0.6) is 5.75 Å². The molecule has 0 amide bonds. The number of benzene rings is 1. The molecule has 0 aromatic heterocycles. The van der Waals surface area contributed by atoms with E-state index in [0.29, 0.717) is 5.41 Å². The van der Waals surface area contributed by atoms with Crippen molar-refractivity contribution < 1.29 is 4.74 Å². The second kappa shape index (κ2) is 8.14. The molecule has 2 aliphatic rings. The van der Waals surface area contributed by atoms with Gasteiger partial charge in [-0.2, -0.15) is 0 Å². The van der Waals surface area contributed by atoms with Gasteiger partial charge in [0.05, 0.1) is 7.11 Å². The first-order valence-corrected chi connectivity index (χ1v) is 9.08. The summed E-state index contributed by atoms with van der Waals surface area (Å²) in [6, 6.07) is 8.36. The molecule has 3 rings (SSSR count). The van der Waals surface area contributed by atoms with E-state index >= 15 is 0 Å². The molecule has 0 bridgehead atoms. The van der Waals surface area contributed by atoms with Gasteiger partial charge in [0.1, 0.15) is 5.75 Å². The van der Waals surface area contributed by atoms with Crippen molar-refractivity contribution in [2.75, 3.05) is 33.8 Å². The number of rotatable bonds is 4. The number of ether oxygens (including phenoxy) is 1. The minimum absolute atomic E-state index is 0. The Bertz CT molecular complexity index is 611. The van der Waals surface area contributed by atoms with Crippen LogP contribution in [-0.2, 0) is 5.41 Å². The molecule has 1 N–H and O–H groups in total. The summed E-state index contributed by atoms with van der Waals surface area (Å²) in [6.45, 7) is 7.70. The van der Waals surface area contributed by atoms with Gasteiger partial charge in [0, 0.05) is 32.1 Å². The minimum Gasteiger partial charge on any atom is -0.497 e. The largest absolute Gasteiger partial charge is 0.497 e. The van der Waals surface area contributed by atoms with E-state index in [4.69, 9.17) is 4.74 Å². The van der Waals surface area contributed by atoms with E-state index < -0.39 is 0 Å². The van der Waals surface area contributed by atoms with Crippen LogP contribution in [0.4, 0.5) is 0 Å². The predicted molar refractivity (Wildman–Crippen MR) is 115 cm³/mol. The standard InChI is InChI=1S/C20H31N3O.HI/c1-19(2,16-7-5-8-17(13-16)24-4)14-22-18(21-3)23-12-11-20(15-23)9-6-10-20;/h5,7-8,13H,6,9-12,14-15H2,1-4H3,(H,21,22);1H. The van der Waals surface area contributed by atoms with Crippen molar-refractivity contribution in [1.29, 1.82) is 0 Å². The number of likely N-dealkylation sites (tertiary alicyclic amines) is 1. The summed E-state index contributed by atoms with van der Waals surface area (Å²) in [5, 5.41) is 3.61. The molecule has 1 saturated carbocycles. The van der Waals surface area contributed by atoms with E-state index in [1.54, 1.807) is 7.11 Å². The number of methoxy groups -OCH3 is 1. The van der Waals surface area contributed by atoms with Crippen molar-refractivity contribution >= 4 is 29.9 Å². The van der Waals surface area contributed by atoms with Crippen LogP contribution in [-0.4, -0.2) is 44.7 Å². The molecule has 1 saturated heterocycles. The number of aliphatic imine (C=N–C) groups is 1. The topological polar surface area (TPSA) is 36.9 Å². The molecule has 1 spiro atoms. The predicted octanol–water partition coefficient (Wildman–Crippen LogP) is 4.04. The molecule has 2 fully saturated rings. The van der Waals surface area contributed by atoms with Crippen molar-refractivity contribution in [3.63, 3.8) is 0 Å². The van der Waals surface area contributed by atoms with Crippen molar-refractivity contribution in [3.8, 4) is 5.75 Å². The Hall–Kier alpha value is -0.980. The van der Waals surface area contributed by atoms with Crippen LogP contribution in [0, 0.1) is 5.41 Å². The molecule has 1 aliphatic heterocycles. The second-order valence-corrected chi connectivity index (χ2v) is 8.04. The lowest BCUT2D eigenvalue weighted by atomic mass is 9.68. The maximum Gasteiger partial charge on any atom is 0.193 e. The minimum atomic E-state index is 0. The lowest BCUT2D eigenvalue weighted by molar-refractivity contribution is 0.151. The van der Waals surface area contributed by atoms with E-state index in [1.807, 2.05) is 13.1 Å². The van der Waals surface area contributed by atoms with E-state index in [1.165, 1.54) is 37.8 Å². The molecule has 0 atom stereocenters. The normalized spacial score (nSPS) is 19.4. The first-order chi connectivity index (χ1) is 11.5. The zero-order valence-corrected chi connectivity index (χ0v) is 18.3. The molecule has 1 aliphatic carbocycles. The molecule has 1 aromatic rings. The Balaban J connectivity index is 0.00000225. The Kier molecular flexibility index (Phi) is 6.62. The fourth-order valence-corrected chi connectivity index (χ4v) is 3.98. The summed E-state index contributed by atoms with van der Waals surface area (Å²) >= 11 is 0. The zero-order chi connectivity index (χ0) is 17.2. The zero-order valence-electron chi connectivity index (χ0n) is 16.0. The molecule has 0 radical (unpaired) electrons. The second-order valence-electron chi connectivity index (χ2n) is 8.04. The van der Waals surface area contributed by atoms with Gasteiger partial charge in [0.2, 0.25) is 0 Å². The molecule has 4 nitrogen and oxygen atoms in total. The van der Waals surface area contributed by atoms with Crippen LogP contribution in [0.1, 0.15) is 45.1 Å². The summed E-state index contributed by atoms with van der Waals surface area (Å²) in [6.07, 6.45) is 5.53. The molecule has 1 heterocycles. The van der Waals surface area contributed by atoms with Gasteiger partial charge in [0.15, 0.2) is 5.96 Å². The first-order valence-electron chi connectivity index (χ1n) is 9.08. The Morgan fingerprint density at radius 3 is 2.64 bits per heavy atom. The maximum atomic E-state index is 5.37. The smallest absolute Gasteiger partial charge is 0.193 e. The molecule has 5 heteroatoms. The number of nitrogens with zero attached hydrogens (tertiary/aromatic N) is 2. The Morgan fingerprint density at radius 1 is 1.32 bits per heavy atom. The van der Waals surface area contributed by atoms with Crippen LogP contribution in [0.15, 0.2) is 29.3 Å². The van der Waals surface area contributed by atoms with Gasteiger partial charge in [-0.15, -0.1) is 24.0 Å². The molecular formula is C20H32IN3O. The van der Waals surface area contributed by atoms with Crippen molar-refractivity contribution in [3.05, 3.63) is 29.8 Å². The van der Waals surface area contributed by atoms with Gasteiger partial charge in [-0.05, 0) is 42.4 Å². The SMILES string of the molecule is CN=C(NCC(C)(C)c1cccc(OC)c1)N1CCC2(CCC2)C1.I. The van der Waals surface area contributed by atoms with Gasteiger partial charge in [-0.25, -0.2) is 0 Å². The molecule has 25 heavy (non-hydrogen) atoms. The highest BCUT2D eigenvalue weighted by atomic mass is 127. The number of hydrogen-bond donors (Lipinski definition) is 1. The highest BCUT2D eigenvalue weighted by molar-refractivity contribution is 14.0. The number of hydrogen-bond acceptors (Lipinski definition) is 2. The highest BCUT2D eigenvalue weighted by Crippen LogP contribution is 2.47. The molecular weight excluding hydrogens is 425 g/mol. The molecule has 0 unspecified atom stereocenters. The van der Waals surface area contributed by atoms with Crippen molar-refractivity contribution in [2.24, 2.45) is 10.4 Å². The summed E-state index contributed by atoms with van der Waals surface area (Å²) in [7, 11) is 3.61. The van der Waals surface area contributed by atoms with Gasteiger partial charge < -0.3 is 15.0 Å². The van der Waals surface area contributed by atoms with Gasteiger partial charge in [-0.3, -0.25) is 4.99 Å². The van der Waals surface area contributed by atoms with Crippen LogP contribution in [0.2, 0.25) is 0 Å². The molecule has 140 valence electrons. The highest BCUT2D eigenvalue weighted by Gasteiger charge is 2.43. The summed E-state index contributed by atoms with van der Waals surface area (Å²) < 4.78 is 5.37. The first kappa shape index (κ1) is 20.3. The van der Waals surface area contributed by atoms with E-state index in [0.717, 1.165) is 24.8 Å². The van der Waals surface area contributed by atoms with Crippen LogP contribution in [0.3, 0.4) is 0 Å². The van der Waals surface area contributed by atoms with Crippen LogP contribution < -0.4 is 10.1 Å². The summed E-state index contributed by atoms with van der Waals surface area (Å²) in [5.41, 5.74) is 1.89. The third-order valence-corrected chi connectivity index (χ3v) is 5.90. The fraction of sp³-hybridized carbons (Fsp3) is 0.650. The number of guanidine groups is 1. The molecule has 1 aromatic carbocycles. The van der Waals surface area contributed by atoms with Crippen LogP contribution >= 0.6 is 24.0 Å². The summed E-state index contributed by atoms with van der Waals surface area (Å²) in [4.78, 5) is 6.98. The lowest BCUT2D eigenvalue weighted by Gasteiger charge is -2.38. The fourth-order valence-electron chi connectivity index (χ4n) is 3.98. The average Bonchev–Trinajstić information content (AvgIpc) is 3.01. The third-order valence-electron chi connectivity index (χ3n) is 5.90. The maximum absolute atomic E-state index is 5.37. The van der Waals surface area contributed by atoms with Gasteiger partial charge in [0.25, 0.3) is 0 Å². The third kappa shape index (κ3) is 4.41. The van der Waals surface area contributed by atoms with E-state index in [9.17, 15) is 0 Å². The Morgan fingerprint density at radius 2 is 2.08 bits per heavy atom. The van der Waals surface area contributed by atoms with Crippen molar-refractivity contribution in [2.45, 2.75) is 44.9 Å². The summed E-state index contributed by atoms with van der Waals surface area (Å²) in [5.74, 6) is 1.96. The quantitative estimate of drug-likeness (QED) is 0.421. The van der Waals surface area contributed by atoms with Crippen LogP contribution in [0.25, 0.3) is 0 Å². The van der Waals surface area contributed by atoms with E-state index in [-0.39, 0.29) is 29.4 Å².